The molecule has 0 saturated heterocycles. The van der Waals surface area contributed by atoms with Gasteiger partial charge in [-0.05, 0) is 27.8 Å². The number of nitrogen functional groups attached to an aromatic ring is 1. The van der Waals surface area contributed by atoms with E-state index < -0.39 is 0 Å². The predicted molar refractivity (Wildman–Crippen MR) is 59.8 cm³/mol. The van der Waals surface area contributed by atoms with Crippen LogP contribution in [0.5, 0.6) is 0 Å². The molecule has 0 aliphatic rings. The number of nitrogens with two attached hydrogens (primary N) is 1. The normalized spacial score (nSPS) is 11.7. The van der Waals surface area contributed by atoms with Crippen LogP contribution in [0.25, 0.3) is 0 Å². The molecule has 5 nitrogen and oxygen atoms in total. The summed E-state index contributed by atoms with van der Waals surface area (Å²) in [4.78, 5) is 11.8. The molecule has 0 atom stereocenters. The number of hydrogen-bond donors (Lipinski definition) is 2. The van der Waals surface area contributed by atoms with Gasteiger partial charge in [0.1, 0.15) is 5.82 Å². The average molecular weight is 210 g/mol. The summed E-state index contributed by atoms with van der Waals surface area (Å²) in [6.45, 7) is 5.72. The molecule has 0 saturated carbocycles. The van der Waals surface area contributed by atoms with Gasteiger partial charge in [0.25, 0.3) is 5.91 Å². The first-order chi connectivity index (χ1) is 6.85. The molecule has 0 aliphatic carbocycles. The van der Waals surface area contributed by atoms with Crippen LogP contribution in [0.2, 0.25) is 0 Å². The van der Waals surface area contributed by atoms with Crippen molar-refractivity contribution in [2.24, 2.45) is 0 Å². The molecule has 3 N–H and O–H groups in total. The van der Waals surface area contributed by atoms with Crippen molar-refractivity contribution in [1.29, 1.82) is 0 Å². The van der Waals surface area contributed by atoms with Crippen LogP contribution in [0.3, 0.4) is 0 Å². The monoisotopic (exact) mass is 210 g/mol. The molecule has 84 valence electrons. The standard InChI is InChI=1S/C10H18N4O/c1-7-5-8(11)14(13-7)9(15)6-10(2,3)12-4/h5,12H,6,11H2,1-4H3. The van der Waals surface area contributed by atoms with E-state index in [1.807, 2.05) is 27.8 Å². The molecule has 0 unspecified atom stereocenters. The van der Waals surface area contributed by atoms with Gasteiger partial charge in [0.05, 0.1) is 5.69 Å². The van der Waals surface area contributed by atoms with Crippen molar-refractivity contribution in [2.75, 3.05) is 12.8 Å². The molecule has 0 aromatic carbocycles. The van der Waals surface area contributed by atoms with Crippen LogP contribution in [0, 0.1) is 6.92 Å². The maximum Gasteiger partial charge on any atom is 0.250 e. The summed E-state index contributed by atoms with van der Waals surface area (Å²) in [6.07, 6.45) is 0.356. The summed E-state index contributed by atoms with van der Waals surface area (Å²) in [5.41, 5.74) is 6.17. The Morgan fingerprint density at radius 1 is 1.67 bits per heavy atom. The lowest BCUT2D eigenvalue weighted by Gasteiger charge is -2.22. The quantitative estimate of drug-likeness (QED) is 0.774. The fourth-order valence-electron chi connectivity index (χ4n) is 1.26. The summed E-state index contributed by atoms with van der Waals surface area (Å²) in [6, 6.07) is 1.68. The molecular weight excluding hydrogens is 192 g/mol. The first kappa shape index (κ1) is 11.7. The Kier molecular flexibility index (Phi) is 3.14. The number of nitrogens with zero attached hydrogens (tertiary/aromatic N) is 2. The summed E-state index contributed by atoms with van der Waals surface area (Å²) in [7, 11) is 1.82. The second kappa shape index (κ2) is 4.02. The average Bonchev–Trinajstić information content (AvgIpc) is 2.45. The number of rotatable bonds is 3. The molecule has 15 heavy (non-hydrogen) atoms. The van der Waals surface area contributed by atoms with Crippen molar-refractivity contribution in [3.63, 3.8) is 0 Å². The fraction of sp³-hybridized carbons (Fsp3) is 0.600. The van der Waals surface area contributed by atoms with Gasteiger partial charge in [0.2, 0.25) is 0 Å². The minimum atomic E-state index is -0.247. The summed E-state index contributed by atoms with van der Waals surface area (Å²) < 4.78 is 1.26. The second-order valence-corrected chi connectivity index (χ2v) is 4.33. The van der Waals surface area contributed by atoms with E-state index in [-0.39, 0.29) is 11.4 Å². The number of carbonyl (C=O) groups excluding carboxylic acids is 1. The molecule has 5 heteroatoms. The highest BCUT2D eigenvalue weighted by Crippen LogP contribution is 2.12. The summed E-state index contributed by atoms with van der Waals surface area (Å²) in [5, 5.41) is 7.11. The Morgan fingerprint density at radius 2 is 2.27 bits per heavy atom. The minimum Gasteiger partial charge on any atom is -0.383 e. The maximum atomic E-state index is 11.8. The second-order valence-electron chi connectivity index (χ2n) is 4.33. The van der Waals surface area contributed by atoms with Gasteiger partial charge >= 0.3 is 0 Å². The largest absolute Gasteiger partial charge is 0.383 e. The molecule has 0 amide bonds. The minimum absolute atomic E-state index is 0.0973. The number of hydrogen-bond acceptors (Lipinski definition) is 4. The number of nitrogens with one attached hydrogen (secondary N) is 1. The van der Waals surface area contributed by atoms with Crippen molar-refractivity contribution in [2.45, 2.75) is 32.7 Å². The molecule has 0 spiro atoms. The molecule has 0 radical (unpaired) electrons. The number of aryl methyl sites for hydroxylation is 1. The third-order valence-electron chi connectivity index (χ3n) is 2.37. The van der Waals surface area contributed by atoms with E-state index in [4.69, 9.17) is 5.73 Å². The lowest BCUT2D eigenvalue weighted by molar-refractivity contribution is 0.0856. The third-order valence-corrected chi connectivity index (χ3v) is 2.37. The van der Waals surface area contributed by atoms with E-state index in [2.05, 4.69) is 10.4 Å². The number of anilines is 1. The van der Waals surface area contributed by atoms with Crippen molar-refractivity contribution in [3.8, 4) is 0 Å². The van der Waals surface area contributed by atoms with Crippen LogP contribution >= 0.6 is 0 Å². The van der Waals surface area contributed by atoms with E-state index in [1.165, 1.54) is 4.68 Å². The van der Waals surface area contributed by atoms with E-state index in [0.29, 0.717) is 12.2 Å². The number of carbonyl (C=O) groups is 1. The first-order valence-electron chi connectivity index (χ1n) is 4.90. The van der Waals surface area contributed by atoms with Crippen LogP contribution in [0.15, 0.2) is 6.07 Å². The highest BCUT2D eigenvalue weighted by Gasteiger charge is 2.22. The lowest BCUT2D eigenvalue weighted by Crippen LogP contribution is -2.39. The Hall–Kier alpha value is -1.36. The molecule has 0 fully saturated rings. The molecule has 0 aliphatic heterocycles. The van der Waals surface area contributed by atoms with Crippen molar-refractivity contribution in [1.82, 2.24) is 15.1 Å². The van der Waals surface area contributed by atoms with Gasteiger partial charge in [0, 0.05) is 18.0 Å². The van der Waals surface area contributed by atoms with Gasteiger partial charge in [-0.15, -0.1) is 0 Å². The number of aromatic nitrogens is 2. The van der Waals surface area contributed by atoms with Crippen LogP contribution in [0.1, 0.15) is 30.8 Å². The SMILES string of the molecule is CNC(C)(C)CC(=O)n1nc(C)cc1N. The summed E-state index contributed by atoms with van der Waals surface area (Å²) in [5.74, 6) is 0.296. The highest BCUT2D eigenvalue weighted by atomic mass is 16.2. The van der Waals surface area contributed by atoms with E-state index in [0.717, 1.165) is 5.69 Å². The van der Waals surface area contributed by atoms with E-state index in [1.54, 1.807) is 6.07 Å². The van der Waals surface area contributed by atoms with Gasteiger partial charge < -0.3 is 11.1 Å². The van der Waals surface area contributed by atoms with Crippen LogP contribution < -0.4 is 11.1 Å². The van der Waals surface area contributed by atoms with Crippen LogP contribution in [-0.2, 0) is 0 Å². The third kappa shape index (κ3) is 2.79. The molecule has 1 aromatic heterocycles. The van der Waals surface area contributed by atoms with Gasteiger partial charge in [-0.3, -0.25) is 4.79 Å². The lowest BCUT2D eigenvalue weighted by atomic mass is 10.0. The van der Waals surface area contributed by atoms with Crippen molar-refractivity contribution in [3.05, 3.63) is 11.8 Å². The Morgan fingerprint density at radius 3 is 2.67 bits per heavy atom. The maximum absolute atomic E-state index is 11.8. The zero-order valence-electron chi connectivity index (χ0n) is 9.66. The highest BCUT2D eigenvalue weighted by molar-refractivity contribution is 5.82. The zero-order chi connectivity index (χ0) is 11.6. The molecular formula is C10H18N4O. The molecule has 1 rings (SSSR count). The smallest absolute Gasteiger partial charge is 0.250 e. The fourth-order valence-corrected chi connectivity index (χ4v) is 1.26. The molecule has 1 aromatic rings. The van der Waals surface area contributed by atoms with E-state index in [9.17, 15) is 4.79 Å². The van der Waals surface area contributed by atoms with E-state index >= 15 is 0 Å². The van der Waals surface area contributed by atoms with Gasteiger partial charge in [-0.25, -0.2) is 0 Å². The summed E-state index contributed by atoms with van der Waals surface area (Å²) >= 11 is 0. The van der Waals surface area contributed by atoms with Crippen LogP contribution in [0.4, 0.5) is 5.82 Å². The van der Waals surface area contributed by atoms with Gasteiger partial charge in [-0.2, -0.15) is 9.78 Å². The van der Waals surface area contributed by atoms with Gasteiger partial charge in [0.15, 0.2) is 0 Å². The zero-order valence-corrected chi connectivity index (χ0v) is 9.66. The Labute approximate surface area is 89.6 Å². The van der Waals surface area contributed by atoms with Crippen LogP contribution in [-0.4, -0.2) is 28.3 Å². The molecule has 0 bridgehead atoms. The topological polar surface area (TPSA) is 72.9 Å². The Bertz CT molecular complexity index is 367. The van der Waals surface area contributed by atoms with Gasteiger partial charge in [-0.1, -0.05) is 0 Å². The first-order valence-corrected chi connectivity index (χ1v) is 4.90. The predicted octanol–water partition coefficient (Wildman–Crippen LogP) is 0.802. The Balaban J connectivity index is 2.82. The van der Waals surface area contributed by atoms with Crippen molar-refractivity contribution < 1.29 is 4.79 Å². The molecule has 1 heterocycles. The van der Waals surface area contributed by atoms with Crippen molar-refractivity contribution >= 4 is 11.7 Å².